The zero-order valence-electron chi connectivity index (χ0n) is 15.6. The SMILES string of the molecule is CCCCCCCCC([CH]C(CCCC)CCCC)CC. The predicted molar refractivity (Wildman–Crippen MR) is 98.6 cm³/mol. The Morgan fingerprint density at radius 1 is 0.524 bits per heavy atom. The topological polar surface area (TPSA) is 0 Å². The molecule has 21 heavy (non-hydrogen) atoms. The number of unbranched alkanes of at least 4 members (excludes halogenated alkanes) is 7. The van der Waals surface area contributed by atoms with E-state index in [0.717, 1.165) is 11.8 Å². The smallest absolute Gasteiger partial charge is 0.0324 e. The fourth-order valence-corrected chi connectivity index (χ4v) is 3.28. The largest absolute Gasteiger partial charge is 0.0654 e. The van der Waals surface area contributed by atoms with Gasteiger partial charge in [0.15, 0.2) is 0 Å². The second-order valence-corrected chi connectivity index (χ2v) is 6.96. The van der Waals surface area contributed by atoms with Crippen LogP contribution in [-0.4, -0.2) is 0 Å². The van der Waals surface area contributed by atoms with Crippen LogP contribution in [0, 0.1) is 18.3 Å². The zero-order chi connectivity index (χ0) is 15.8. The van der Waals surface area contributed by atoms with Crippen LogP contribution < -0.4 is 0 Å². The van der Waals surface area contributed by atoms with Gasteiger partial charge in [-0.2, -0.15) is 0 Å². The summed E-state index contributed by atoms with van der Waals surface area (Å²) in [5, 5.41) is 0. The highest BCUT2D eigenvalue weighted by molar-refractivity contribution is 4.83. The van der Waals surface area contributed by atoms with Crippen molar-refractivity contribution < 1.29 is 0 Å². The third-order valence-electron chi connectivity index (χ3n) is 4.85. The molecule has 0 aromatic rings. The lowest BCUT2D eigenvalue weighted by molar-refractivity contribution is 0.387. The first-order chi connectivity index (χ1) is 10.3. The van der Waals surface area contributed by atoms with Crippen molar-refractivity contribution in [2.75, 3.05) is 0 Å². The van der Waals surface area contributed by atoms with Gasteiger partial charge in [0, 0.05) is 0 Å². The molecule has 0 N–H and O–H groups in total. The van der Waals surface area contributed by atoms with Gasteiger partial charge in [-0.1, -0.05) is 118 Å². The Morgan fingerprint density at radius 3 is 1.52 bits per heavy atom. The highest BCUT2D eigenvalue weighted by atomic mass is 14.2. The van der Waals surface area contributed by atoms with Gasteiger partial charge in [0.1, 0.15) is 0 Å². The van der Waals surface area contributed by atoms with Gasteiger partial charge in [0.05, 0.1) is 0 Å². The first-order valence-corrected chi connectivity index (χ1v) is 10.1. The van der Waals surface area contributed by atoms with E-state index in [9.17, 15) is 0 Å². The van der Waals surface area contributed by atoms with Crippen LogP contribution >= 0.6 is 0 Å². The van der Waals surface area contributed by atoms with E-state index in [1.54, 1.807) is 0 Å². The quantitative estimate of drug-likeness (QED) is 0.253. The molecule has 127 valence electrons. The van der Waals surface area contributed by atoms with Gasteiger partial charge in [0.25, 0.3) is 0 Å². The van der Waals surface area contributed by atoms with Gasteiger partial charge in [0.2, 0.25) is 0 Å². The van der Waals surface area contributed by atoms with Gasteiger partial charge >= 0.3 is 0 Å². The van der Waals surface area contributed by atoms with Gasteiger partial charge in [-0.3, -0.25) is 0 Å². The van der Waals surface area contributed by atoms with Crippen LogP contribution in [0.5, 0.6) is 0 Å². The van der Waals surface area contributed by atoms with Crippen molar-refractivity contribution in [2.24, 2.45) is 11.8 Å². The highest BCUT2D eigenvalue weighted by Gasteiger charge is 2.15. The Balaban J connectivity index is 3.87. The molecule has 0 aliphatic heterocycles. The van der Waals surface area contributed by atoms with E-state index in [-0.39, 0.29) is 0 Å². The van der Waals surface area contributed by atoms with Crippen molar-refractivity contribution in [3.63, 3.8) is 0 Å². The molecule has 0 fully saturated rings. The van der Waals surface area contributed by atoms with E-state index in [0.29, 0.717) is 0 Å². The van der Waals surface area contributed by atoms with E-state index in [1.165, 1.54) is 89.9 Å². The van der Waals surface area contributed by atoms with Crippen molar-refractivity contribution in [1.29, 1.82) is 0 Å². The zero-order valence-corrected chi connectivity index (χ0v) is 15.6. The minimum Gasteiger partial charge on any atom is -0.0654 e. The normalized spacial score (nSPS) is 13.0. The molecular weight excluding hydrogens is 252 g/mol. The van der Waals surface area contributed by atoms with E-state index < -0.39 is 0 Å². The molecule has 0 spiro atoms. The molecule has 1 radical (unpaired) electrons. The van der Waals surface area contributed by atoms with E-state index in [1.807, 2.05) is 0 Å². The van der Waals surface area contributed by atoms with Crippen molar-refractivity contribution >= 4 is 0 Å². The van der Waals surface area contributed by atoms with Crippen molar-refractivity contribution in [2.45, 2.75) is 118 Å². The summed E-state index contributed by atoms with van der Waals surface area (Å²) in [6.07, 6.45) is 22.6. The Bertz CT molecular complexity index is 176. The van der Waals surface area contributed by atoms with Crippen LogP contribution in [0.15, 0.2) is 0 Å². The first kappa shape index (κ1) is 21.0. The Kier molecular flexibility index (Phi) is 16.4. The summed E-state index contributed by atoms with van der Waals surface area (Å²) in [6.45, 7) is 9.33. The summed E-state index contributed by atoms with van der Waals surface area (Å²) < 4.78 is 0. The average Bonchev–Trinajstić information content (AvgIpc) is 2.51. The maximum atomic E-state index is 2.75. The Morgan fingerprint density at radius 2 is 1.00 bits per heavy atom. The second kappa shape index (κ2) is 16.4. The van der Waals surface area contributed by atoms with Crippen molar-refractivity contribution in [3.05, 3.63) is 6.42 Å². The second-order valence-electron chi connectivity index (χ2n) is 6.96. The predicted octanol–water partition coefficient (Wildman–Crippen LogP) is 7.96. The molecule has 0 heteroatoms. The van der Waals surface area contributed by atoms with Crippen LogP contribution in [0.25, 0.3) is 0 Å². The number of hydrogen-bond acceptors (Lipinski definition) is 0. The number of rotatable bonds is 16. The van der Waals surface area contributed by atoms with E-state index >= 15 is 0 Å². The summed E-state index contributed by atoms with van der Waals surface area (Å²) in [5.74, 6) is 1.78. The molecule has 0 aromatic heterocycles. The van der Waals surface area contributed by atoms with Crippen molar-refractivity contribution in [3.8, 4) is 0 Å². The minimum atomic E-state index is 0.884. The lowest BCUT2D eigenvalue weighted by Crippen LogP contribution is -2.10. The maximum Gasteiger partial charge on any atom is -0.0324 e. The summed E-state index contributed by atoms with van der Waals surface area (Å²) in [5.41, 5.74) is 0. The monoisotopic (exact) mass is 295 g/mol. The molecule has 0 aliphatic carbocycles. The van der Waals surface area contributed by atoms with Crippen LogP contribution in [-0.2, 0) is 0 Å². The minimum absolute atomic E-state index is 0.884. The lowest BCUT2D eigenvalue weighted by Gasteiger charge is -2.22. The Labute approximate surface area is 136 Å². The molecule has 0 saturated carbocycles. The summed E-state index contributed by atoms with van der Waals surface area (Å²) in [6, 6.07) is 0. The first-order valence-electron chi connectivity index (χ1n) is 10.1. The molecule has 0 saturated heterocycles. The maximum absolute atomic E-state index is 2.75. The van der Waals surface area contributed by atoms with E-state index in [4.69, 9.17) is 0 Å². The van der Waals surface area contributed by atoms with Gasteiger partial charge in [-0.05, 0) is 18.3 Å². The standard InChI is InChI=1S/C21H43/c1-5-9-12-13-14-15-18-20(8-4)19-21(16-10-6-2)17-11-7-3/h19-21H,5-18H2,1-4H3. The van der Waals surface area contributed by atoms with Crippen LogP contribution in [0.3, 0.4) is 0 Å². The van der Waals surface area contributed by atoms with Gasteiger partial charge < -0.3 is 0 Å². The van der Waals surface area contributed by atoms with Gasteiger partial charge in [-0.25, -0.2) is 0 Å². The highest BCUT2D eigenvalue weighted by Crippen LogP contribution is 2.27. The summed E-state index contributed by atoms with van der Waals surface area (Å²) >= 11 is 0. The van der Waals surface area contributed by atoms with Crippen LogP contribution in [0.1, 0.15) is 118 Å². The molecule has 1 atom stereocenters. The molecule has 0 rings (SSSR count). The number of hydrogen-bond donors (Lipinski definition) is 0. The molecule has 0 bridgehead atoms. The third-order valence-corrected chi connectivity index (χ3v) is 4.85. The Hall–Kier alpha value is 0. The third kappa shape index (κ3) is 13.4. The molecular formula is C21H43. The molecule has 0 heterocycles. The summed E-state index contributed by atoms with van der Waals surface area (Å²) in [7, 11) is 0. The van der Waals surface area contributed by atoms with Crippen LogP contribution in [0.2, 0.25) is 0 Å². The molecule has 1 unspecified atom stereocenters. The van der Waals surface area contributed by atoms with Gasteiger partial charge in [-0.15, -0.1) is 0 Å². The fraction of sp³-hybridized carbons (Fsp3) is 0.952. The summed E-state index contributed by atoms with van der Waals surface area (Å²) in [4.78, 5) is 0. The molecule has 0 aromatic carbocycles. The van der Waals surface area contributed by atoms with Crippen molar-refractivity contribution in [1.82, 2.24) is 0 Å². The lowest BCUT2D eigenvalue weighted by atomic mass is 9.83. The molecule has 0 aliphatic rings. The molecule has 0 nitrogen and oxygen atoms in total. The average molecular weight is 296 g/mol. The molecule has 0 amide bonds. The van der Waals surface area contributed by atoms with E-state index in [2.05, 4.69) is 34.1 Å². The fourth-order valence-electron chi connectivity index (χ4n) is 3.28. The van der Waals surface area contributed by atoms with Crippen LogP contribution in [0.4, 0.5) is 0 Å².